The predicted octanol–water partition coefficient (Wildman–Crippen LogP) is 3.10. The first-order chi connectivity index (χ1) is 11.5. The molecule has 3 heterocycles. The Bertz CT molecular complexity index is 746. The number of nitrogens with zero attached hydrogens (tertiary/aromatic N) is 3. The predicted molar refractivity (Wildman–Crippen MR) is 85.3 cm³/mol. The van der Waals surface area contributed by atoms with Gasteiger partial charge in [-0.3, -0.25) is 9.78 Å². The number of aromatic nitrogens is 3. The van der Waals surface area contributed by atoms with Gasteiger partial charge in [-0.25, -0.2) is 4.68 Å². The minimum Gasteiger partial charge on any atom is -0.323 e. The Morgan fingerprint density at radius 1 is 1.42 bits per heavy atom. The average Bonchev–Trinajstić information content (AvgIpc) is 2.97. The summed E-state index contributed by atoms with van der Waals surface area (Å²) >= 11 is 0. The Labute approximate surface area is 138 Å². The normalized spacial score (nSPS) is 21.6. The molecule has 0 aromatic carbocycles. The number of amides is 1. The summed E-state index contributed by atoms with van der Waals surface area (Å²) in [5, 5.41) is 6.44. The first-order valence-corrected chi connectivity index (χ1v) is 7.85. The lowest BCUT2D eigenvalue weighted by Crippen LogP contribution is -2.22. The Hall–Kier alpha value is -2.35. The first-order valence-electron chi connectivity index (χ1n) is 7.85. The molecule has 2 atom stereocenters. The Morgan fingerprint density at radius 3 is 2.96 bits per heavy atom. The second-order valence-electron chi connectivity index (χ2n) is 6.03. The molecule has 24 heavy (non-hydrogen) atoms. The summed E-state index contributed by atoms with van der Waals surface area (Å²) in [6, 6.07) is 2.99. The number of halogens is 2. The van der Waals surface area contributed by atoms with E-state index >= 15 is 0 Å². The number of nitrogens with two attached hydrogens (primary N) is 1. The van der Waals surface area contributed by atoms with Crippen LogP contribution in [0.3, 0.4) is 0 Å². The van der Waals surface area contributed by atoms with E-state index in [2.05, 4.69) is 15.4 Å². The molecule has 6 nitrogen and oxygen atoms in total. The molecule has 1 amide bonds. The van der Waals surface area contributed by atoms with Crippen molar-refractivity contribution in [2.75, 3.05) is 5.32 Å². The number of anilines is 1. The highest BCUT2D eigenvalue weighted by atomic mass is 19.3. The molecule has 0 radical (unpaired) electrons. The van der Waals surface area contributed by atoms with Gasteiger partial charge >= 0.3 is 6.55 Å². The summed E-state index contributed by atoms with van der Waals surface area (Å²) in [5.41, 5.74) is 7.71. The van der Waals surface area contributed by atoms with E-state index in [4.69, 9.17) is 5.73 Å². The molecule has 0 saturated carbocycles. The van der Waals surface area contributed by atoms with Crippen LogP contribution >= 0.6 is 0 Å². The number of nitrogens with one attached hydrogen (secondary N) is 1. The largest absolute Gasteiger partial charge is 0.333 e. The summed E-state index contributed by atoms with van der Waals surface area (Å²) in [6.07, 6.45) is 4.91. The zero-order chi connectivity index (χ0) is 17.3. The van der Waals surface area contributed by atoms with Crippen molar-refractivity contribution in [3.8, 4) is 11.3 Å². The van der Waals surface area contributed by atoms with Gasteiger partial charge in [-0.15, -0.1) is 0 Å². The van der Waals surface area contributed by atoms with Gasteiger partial charge in [0.15, 0.2) is 0 Å². The zero-order valence-electron chi connectivity index (χ0n) is 13.2. The molecule has 2 aromatic rings. The maximum Gasteiger partial charge on any atom is 0.333 e. The molecule has 0 aliphatic carbocycles. The van der Waals surface area contributed by atoms with Crippen LogP contribution in [0, 0.1) is 5.92 Å². The SMILES string of the molecule is CC1CCC[C@H](N)c2cc(ccn2)-c2c(cnn2C(F)F)NC1=O. The fourth-order valence-corrected chi connectivity index (χ4v) is 2.87. The molecule has 128 valence electrons. The molecule has 1 unspecified atom stereocenters. The standard InChI is InChI=1S/C16H19F2N5O/c1-9-3-2-4-11(19)12-7-10(5-6-20-12)14-13(22-15(9)24)8-21-23(14)16(17)18/h5-9,11,16H,2-4,19H2,1H3,(H,22,24)/t9?,11-/m0/s1. The van der Waals surface area contributed by atoms with Gasteiger partial charge in [0.05, 0.1) is 23.3 Å². The van der Waals surface area contributed by atoms with E-state index in [0.717, 1.165) is 6.42 Å². The number of carbonyl (C=O) groups excluding carboxylic acids is 1. The van der Waals surface area contributed by atoms with Gasteiger partial charge in [-0.2, -0.15) is 13.9 Å². The van der Waals surface area contributed by atoms with Gasteiger partial charge in [0.1, 0.15) is 0 Å². The van der Waals surface area contributed by atoms with Crippen molar-refractivity contribution in [3.63, 3.8) is 0 Å². The fraction of sp³-hybridized carbons (Fsp3) is 0.438. The number of pyridine rings is 1. The summed E-state index contributed by atoms with van der Waals surface area (Å²) in [6.45, 7) is -1.01. The van der Waals surface area contributed by atoms with Crippen LogP contribution in [0.15, 0.2) is 24.5 Å². The van der Waals surface area contributed by atoms with Crippen LogP contribution in [0.5, 0.6) is 0 Å². The number of hydrogen-bond acceptors (Lipinski definition) is 4. The number of rotatable bonds is 1. The van der Waals surface area contributed by atoms with Crippen LogP contribution in [0.1, 0.15) is 44.5 Å². The molecule has 2 aromatic heterocycles. The molecule has 3 rings (SSSR count). The summed E-state index contributed by atoms with van der Waals surface area (Å²) < 4.78 is 27.2. The van der Waals surface area contributed by atoms with Crippen LogP contribution in [0.2, 0.25) is 0 Å². The van der Waals surface area contributed by atoms with Crippen molar-refractivity contribution in [1.29, 1.82) is 0 Å². The molecule has 2 bridgehead atoms. The Kier molecular flexibility index (Phi) is 4.57. The lowest BCUT2D eigenvalue weighted by Gasteiger charge is -2.18. The number of alkyl halides is 2. The number of fused-ring (bicyclic) bond motifs is 4. The third-order valence-corrected chi connectivity index (χ3v) is 4.27. The quantitative estimate of drug-likeness (QED) is 0.838. The summed E-state index contributed by atoms with van der Waals surface area (Å²) in [7, 11) is 0. The molecule has 1 aliphatic heterocycles. The third kappa shape index (κ3) is 3.14. The second kappa shape index (κ2) is 6.64. The molecule has 1 aliphatic rings. The zero-order valence-corrected chi connectivity index (χ0v) is 13.2. The topological polar surface area (TPSA) is 85.8 Å². The second-order valence-corrected chi connectivity index (χ2v) is 6.03. The highest BCUT2D eigenvalue weighted by Gasteiger charge is 2.23. The molecule has 0 saturated heterocycles. The van der Waals surface area contributed by atoms with E-state index in [9.17, 15) is 13.6 Å². The maximum absolute atomic E-state index is 13.3. The smallest absolute Gasteiger partial charge is 0.323 e. The van der Waals surface area contributed by atoms with Crippen LogP contribution < -0.4 is 11.1 Å². The minimum atomic E-state index is -2.82. The van der Waals surface area contributed by atoms with Gasteiger partial charge in [0.25, 0.3) is 0 Å². The molecule has 0 spiro atoms. The third-order valence-electron chi connectivity index (χ3n) is 4.27. The first kappa shape index (κ1) is 16.5. The van der Waals surface area contributed by atoms with Gasteiger partial charge in [-0.1, -0.05) is 13.3 Å². The maximum atomic E-state index is 13.3. The van der Waals surface area contributed by atoms with Crippen LogP contribution in [0.4, 0.5) is 14.5 Å². The van der Waals surface area contributed by atoms with Gasteiger partial charge in [0.2, 0.25) is 5.91 Å². The Balaban J connectivity index is 2.15. The fourth-order valence-electron chi connectivity index (χ4n) is 2.87. The van der Waals surface area contributed by atoms with Crippen molar-refractivity contribution in [2.24, 2.45) is 11.7 Å². The van der Waals surface area contributed by atoms with E-state index in [1.165, 1.54) is 12.4 Å². The lowest BCUT2D eigenvalue weighted by atomic mass is 9.97. The number of hydrogen-bond donors (Lipinski definition) is 2. The summed E-state index contributed by atoms with van der Waals surface area (Å²) in [5.74, 6) is -0.459. The van der Waals surface area contributed by atoms with Crippen LogP contribution in [-0.2, 0) is 4.79 Å². The Morgan fingerprint density at radius 2 is 2.21 bits per heavy atom. The molecule has 0 fully saturated rings. The van der Waals surface area contributed by atoms with E-state index < -0.39 is 6.55 Å². The van der Waals surface area contributed by atoms with E-state index in [-0.39, 0.29) is 29.2 Å². The van der Waals surface area contributed by atoms with E-state index in [1.54, 1.807) is 19.1 Å². The highest BCUT2D eigenvalue weighted by Crippen LogP contribution is 2.33. The molecule has 8 heteroatoms. The van der Waals surface area contributed by atoms with Crippen molar-refractivity contribution >= 4 is 11.6 Å². The van der Waals surface area contributed by atoms with Crippen molar-refractivity contribution in [2.45, 2.75) is 38.8 Å². The minimum absolute atomic E-state index is 0.155. The highest BCUT2D eigenvalue weighted by molar-refractivity contribution is 5.95. The molecular weight excluding hydrogens is 316 g/mol. The van der Waals surface area contributed by atoms with Crippen molar-refractivity contribution in [1.82, 2.24) is 14.8 Å². The van der Waals surface area contributed by atoms with Gasteiger partial charge < -0.3 is 11.1 Å². The molecule has 3 N–H and O–H groups in total. The van der Waals surface area contributed by atoms with Gasteiger partial charge in [0, 0.05) is 23.7 Å². The lowest BCUT2D eigenvalue weighted by molar-refractivity contribution is -0.119. The average molecular weight is 335 g/mol. The number of carbonyl (C=O) groups is 1. The van der Waals surface area contributed by atoms with Crippen LogP contribution in [-0.4, -0.2) is 20.7 Å². The molecular formula is C16H19F2N5O. The monoisotopic (exact) mass is 335 g/mol. The van der Waals surface area contributed by atoms with Gasteiger partial charge in [-0.05, 0) is 25.0 Å². The van der Waals surface area contributed by atoms with E-state index in [0.29, 0.717) is 28.8 Å². The van der Waals surface area contributed by atoms with E-state index in [1.807, 2.05) is 0 Å². The summed E-state index contributed by atoms with van der Waals surface area (Å²) in [4.78, 5) is 16.6. The van der Waals surface area contributed by atoms with Crippen LogP contribution in [0.25, 0.3) is 11.3 Å². The van der Waals surface area contributed by atoms with Crippen molar-refractivity contribution < 1.29 is 13.6 Å². The van der Waals surface area contributed by atoms with Crippen molar-refractivity contribution in [3.05, 3.63) is 30.2 Å².